The van der Waals surface area contributed by atoms with Gasteiger partial charge >= 0.3 is 6.09 Å². The predicted octanol–water partition coefficient (Wildman–Crippen LogP) is 3.30. The zero-order valence-electron chi connectivity index (χ0n) is 12.0. The Labute approximate surface area is 127 Å². The van der Waals surface area contributed by atoms with E-state index in [4.69, 9.17) is 4.74 Å². The van der Waals surface area contributed by atoms with Gasteiger partial charge in [0.2, 0.25) is 5.91 Å². The van der Waals surface area contributed by atoms with Crippen molar-refractivity contribution in [3.05, 3.63) is 28.7 Å². The Morgan fingerprint density at radius 3 is 2.50 bits per heavy atom. The van der Waals surface area contributed by atoms with Crippen LogP contribution in [0.15, 0.2) is 28.7 Å². The fourth-order valence-electron chi connectivity index (χ4n) is 1.37. The maximum Gasteiger partial charge on any atom is 0.408 e. The van der Waals surface area contributed by atoms with Crippen LogP contribution in [-0.4, -0.2) is 23.6 Å². The molecule has 2 amide bonds. The van der Waals surface area contributed by atoms with E-state index < -0.39 is 17.7 Å². The molecule has 0 saturated carbocycles. The first-order valence-electron chi connectivity index (χ1n) is 6.23. The summed E-state index contributed by atoms with van der Waals surface area (Å²) in [5, 5.41) is 5.20. The molecule has 0 fully saturated rings. The third kappa shape index (κ3) is 6.06. The molecule has 1 aromatic rings. The van der Waals surface area contributed by atoms with Crippen molar-refractivity contribution >= 4 is 33.6 Å². The number of hydrogen-bond acceptors (Lipinski definition) is 3. The highest BCUT2D eigenvalue weighted by Gasteiger charge is 2.20. The molecule has 6 heteroatoms. The van der Waals surface area contributed by atoms with Gasteiger partial charge in [0.1, 0.15) is 11.6 Å². The molecule has 0 aliphatic rings. The van der Waals surface area contributed by atoms with E-state index in [0.717, 1.165) is 4.47 Å². The third-order valence-electron chi connectivity index (χ3n) is 2.22. The molecule has 0 aliphatic heterocycles. The number of anilines is 1. The van der Waals surface area contributed by atoms with Gasteiger partial charge in [0.05, 0.1) is 0 Å². The number of halogens is 1. The standard InChI is InChI=1S/C14H19BrN2O3/c1-9(16-13(19)20-14(2,3)4)12(18)17-11-7-5-6-10(15)8-11/h5-9H,1-4H3,(H,16,19)(H,17,18). The van der Waals surface area contributed by atoms with Gasteiger partial charge in [0, 0.05) is 10.2 Å². The summed E-state index contributed by atoms with van der Waals surface area (Å²) in [6.07, 6.45) is -0.616. The van der Waals surface area contributed by atoms with E-state index in [-0.39, 0.29) is 5.91 Å². The van der Waals surface area contributed by atoms with Crippen molar-refractivity contribution in [1.29, 1.82) is 0 Å². The first-order chi connectivity index (χ1) is 9.17. The molecule has 5 nitrogen and oxygen atoms in total. The van der Waals surface area contributed by atoms with Crippen LogP contribution in [0, 0.1) is 0 Å². The number of rotatable bonds is 3. The van der Waals surface area contributed by atoms with E-state index in [2.05, 4.69) is 26.6 Å². The summed E-state index contributed by atoms with van der Waals surface area (Å²) in [6, 6.07) is 6.52. The number of ether oxygens (including phenoxy) is 1. The topological polar surface area (TPSA) is 67.4 Å². The summed E-state index contributed by atoms with van der Waals surface area (Å²) in [5.74, 6) is -0.311. The number of alkyl carbamates (subject to hydrolysis) is 1. The molecule has 1 aromatic carbocycles. The lowest BCUT2D eigenvalue weighted by Gasteiger charge is -2.21. The van der Waals surface area contributed by atoms with Gasteiger partial charge < -0.3 is 15.4 Å². The molecular formula is C14H19BrN2O3. The Bertz CT molecular complexity index is 497. The SMILES string of the molecule is CC(NC(=O)OC(C)(C)C)C(=O)Nc1cccc(Br)c1. The van der Waals surface area contributed by atoms with E-state index in [0.29, 0.717) is 5.69 Å². The molecular weight excluding hydrogens is 324 g/mol. The molecule has 2 N–H and O–H groups in total. The summed E-state index contributed by atoms with van der Waals surface area (Å²) >= 11 is 3.32. The molecule has 1 atom stereocenters. The van der Waals surface area contributed by atoms with Crippen LogP contribution in [0.1, 0.15) is 27.7 Å². The molecule has 0 aliphatic carbocycles. The molecule has 20 heavy (non-hydrogen) atoms. The Kier molecular flexibility index (Phi) is 5.56. The van der Waals surface area contributed by atoms with E-state index in [1.807, 2.05) is 12.1 Å². The van der Waals surface area contributed by atoms with Crippen LogP contribution >= 0.6 is 15.9 Å². The molecule has 0 bridgehead atoms. The van der Waals surface area contributed by atoms with Gasteiger partial charge in [-0.2, -0.15) is 0 Å². The second-order valence-corrected chi connectivity index (χ2v) is 6.28. The quantitative estimate of drug-likeness (QED) is 0.885. The lowest BCUT2D eigenvalue weighted by molar-refractivity contribution is -0.117. The fraction of sp³-hybridized carbons (Fsp3) is 0.429. The number of hydrogen-bond donors (Lipinski definition) is 2. The highest BCUT2D eigenvalue weighted by atomic mass is 79.9. The van der Waals surface area contributed by atoms with Crippen molar-refractivity contribution in [3.8, 4) is 0 Å². The Hall–Kier alpha value is -1.56. The average Bonchev–Trinajstić information content (AvgIpc) is 2.25. The predicted molar refractivity (Wildman–Crippen MR) is 81.6 cm³/mol. The van der Waals surface area contributed by atoms with Crippen LogP contribution in [-0.2, 0) is 9.53 Å². The van der Waals surface area contributed by atoms with E-state index in [1.165, 1.54) is 0 Å². The van der Waals surface area contributed by atoms with E-state index >= 15 is 0 Å². The molecule has 1 rings (SSSR count). The minimum atomic E-state index is -0.691. The van der Waals surface area contributed by atoms with Gasteiger partial charge in [-0.1, -0.05) is 22.0 Å². The van der Waals surface area contributed by atoms with Gasteiger partial charge in [-0.15, -0.1) is 0 Å². The lowest BCUT2D eigenvalue weighted by Crippen LogP contribution is -2.43. The van der Waals surface area contributed by atoms with Gasteiger partial charge in [0.25, 0.3) is 0 Å². The van der Waals surface area contributed by atoms with Crippen molar-refractivity contribution < 1.29 is 14.3 Å². The highest BCUT2D eigenvalue weighted by molar-refractivity contribution is 9.10. The largest absolute Gasteiger partial charge is 0.444 e. The smallest absolute Gasteiger partial charge is 0.408 e. The van der Waals surface area contributed by atoms with Crippen LogP contribution in [0.2, 0.25) is 0 Å². The first-order valence-corrected chi connectivity index (χ1v) is 7.02. The van der Waals surface area contributed by atoms with Crippen molar-refractivity contribution in [2.75, 3.05) is 5.32 Å². The minimum Gasteiger partial charge on any atom is -0.444 e. The second-order valence-electron chi connectivity index (χ2n) is 5.37. The highest BCUT2D eigenvalue weighted by Crippen LogP contribution is 2.15. The maximum absolute atomic E-state index is 11.9. The molecule has 1 unspecified atom stereocenters. The van der Waals surface area contributed by atoms with Crippen LogP contribution in [0.25, 0.3) is 0 Å². The molecule has 0 aromatic heterocycles. The summed E-state index contributed by atoms with van der Waals surface area (Å²) in [6.45, 7) is 6.88. The normalized spacial score (nSPS) is 12.4. The van der Waals surface area contributed by atoms with Crippen LogP contribution < -0.4 is 10.6 Å². The monoisotopic (exact) mass is 342 g/mol. The number of nitrogens with one attached hydrogen (secondary N) is 2. The fourth-order valence-corrected chi connectivity index (χ4v) is 1.77. The Balaban J connectivity index is 2.53. The van der Waals surface area contributed by atoms with Crippen molar-refractivity contribution in [2.24, 2.45) is 0 Å². The minimum absolute atomic E-state index is 0.311. The number of carbonyl (C=O) groups is 2. The molecule has 0 spiro atoms. The van der Waals surface area contributed by atoms with Gasteiger partial charge in [0.15, 0.2) is 0 Å². The van der Waals surface area contributed by atoms with Crippen LogP contribution in [0.5, 0.6) is 0 Å². The van der Waals surface area contributed by atoms with E-state index in [1.54, 1.807) is 39.8 Å². The summed E-state index contributed by atoms with van der Waals surface area (Å²) in [4.78, 5) is 23.5. The molecule has 0 radical (unpaired) electrons. The molecule has 0 heterocycles. The van der Waals surface area contributed by atoms with Gasteiger partial charge in [-0.3, -0.25) is 4.79 Å². The van der Waals surface area contributed by atoms with Crippen molar-refractivity contribution in [1.82, 2.24) is 5.32 Å². The average molecular weight is 343 g/mol. The maximum atomic E-state index is 11.9. The first kappa shape index (κ1) is 16.5. The third-order valence-corrected chi connectivity index (χ3v) is 2.71. The number of benzene rings is 1. The summed E-state index contributed by atoms with van der Waals surface area (Å²) < 4.78 is 5.95. The Morgan fingerprint density at radius 1 is 1.30 bits per heavy atom. The van der Waals surface area contributed by atoms with Crippen LogP contribution in [0.3, 0.4) is 0 Å². The second kappa shape index (κ2) is 6.74. The van der Waals surface area contributed by atoms with Crippen molar-refractivity contribution in [3.63, 3.8) is 0 Å². The Morgan fingerprint density at radius 2 is 1.95 bits per heavy atom. The van der Waals surface area contributed by atoms with Gasteiger partial charge in [-0.25, -0.2) is 4.79 Å². The number of amides is 2. The zero-order valence-corrected chi connectivity index (χ0v) is 13.6. The van der Waals surface area contributed by atoms with Crippen molar-refractivity contribution in [2.45, 2.75) is 39.3 Å². The lowest BCUT2D eigenvalue weighted by atomic mass is 10.2. The van der Waals surface area contributed by atoms with Gasteiger partial charge in [-0.05, 0) is 45.9 Å². The van der Waals surface area contributed by atoms with E-state index in [9.17, 15) is 9.59 Å². The molecule has 110 valence electrons. The molecule has 0 saturated heterocycles. The zero-order chi connectivity index (χ0) is 15.3. The summed E-state index contributed by atoms with van der Waals surface area (Å²) in [5.41, 5.74) is 0.0621. The van der Waals surface area contributed by atoms with Crippen LogP contribution in [0.4, 0.5) is 10.5 Å². The number of carbonyl (C=O) groups excluding carboxylic acids is 2. The summed E-state index contributed by atoms with van der Waals surface area (Å²) in [7, 11) is 0.